The summed E-state index contributed by atoms with van der Waals surface area (Å²) in [4.78, 5) is 19.3. The molecule has 3 aromatic rings. The number of ether oxygens (including phenoxy) is 2. The topological polar surface area (TPSA) is 76.8 Å². The van der Waals surface area contributed by atoms with Crippen molar-refractivity contribution in [2.24, 2.45) is 5.92 Å². The number of nitrogens with one attached hydrogen (secondary N) is 1. The van der Waals surface area contributed by atoms with E-state index in [1.54, 1.807) is 0 Å². The van der Waals surface area contributed by atoms with Gasteiger partial charge in [0.15, 0.2) is 17.1 Å². The molecule has 144 valence electrons. The molecule has 1 unspecified atom stereocenters. The van der Waals surface area contributed by atoms with Gasteiger partial charge in [-0.25, -0.2) is 0 Å². The van der Waals surface area contributed by atoms with Crippen LogP contribution < -0.4 is 19.7 Å². The Labute approximate surface area is 162 Å². The van der Waals surface area contributed by atoms with Crippen LogP contribution in [0.4, 0.5) is 6.01 Å². The van der Waals surface area contributed by atoms with Crippen LogP contribution in [0.5, 0.6) is 11.5 Å². The summed E-state index contributed by atoms with van der Waals surface area (Å²) < 4.78 is 16.6. The van der Waals surface area contributed by atoms with Gasteiger partial charge in [-0.3, -0.25) is 4.79 Å². The Kier molecular flexibility index (Phi) is 4.27. The van der Waals surface area contributed by atoms with Crippen LogP contribution in [0.1, 0.15) is 18.4 Å². The maximum absolute atomic E-state index is 12.7. The van der Waals surface area contributed by atoms with Gasteiger partial charge in [0.05, 0.1) is 5.92 Å². The van der Waals surface area contributed by atoms with E-state index in [9.17, 15) is 4.79 Å². The van der Waals surface area contributed by atoms with Gasteiger partial charge in [0, 0.05) is 19.6 Å². The molecular formula is C21H21N3O4. The molecule has 1 atom stereocenters. The molecule has 7 heteroatoms. The summed E-state index contributed by atoms with van der Waals surface area (Å²) in [6.07, 6.45) is 1.80. The Balaban J connectivity index is 1.22. The second-order valence-electron chi connectivity index (χ2n) is 7.15. The summed E-state index contributed by atoms with van der Waals surface area (Å²) in [6, 6.07) is 14.0. The fourth-order valence-electron chi connectivity index (χ4n) is 3.74. The van der Waals surface area contributed by atoms with Gasteiger partial charge in [0.25, 0.3) is 6.01 Å². The van der Waals surface area contributed by atoms with Crippen LogP contribution >= 0.6 is 0 Å². The standard InChI is InChI=1S/C21H21N3O4/c25-20(22-11-14-7-8-18-19(10-14)27-13-26-18)15-4-3-9-24(12-15)21-23-16-5-1-2-6-17(16)28-21/h1-2,5-8,10,15H,3-4,9,11-13H2,(H,22,25). The third-order valence-corrected chi connectivity index (χ3v) is 5.25. The lowest BCUT2D eigenvalue weighted by molar-refractivity contribution is -0.125. The first-order valence-electron chi connectivity index (χ1n) is 9.53. The lowest BCUT2D eigenvalue weighted by Crippen LogP contribution is -2.43. The number of hydrogen-bond acceptors (Lipinski definition) is 6. The number of nitrogens with zero attached hydrogens (tertiary/aromatic N) is 2. The molecule has 2 aromatic carbocycles. The van der Waals surface area contributed by atoms with E-state index in [1.807, 2.05) is 42.5 Å². The highest BCUT2D eigenvalue weighted by Crippen LogP contribution is 2.32. The Bertz CT molecular complexity index is 983. The quantitative estimate of drug-likeness (QED) is 0.751. The third kappa shape index (κ3) is 3.24. The van der Waals surface area contributed by atoms with Gasteiger partial charge in [-0.05, 0) is 42.7 Å². The average Bonchev–Trinajstić information content (AvgIpc) is 3.38. The zero-order valence-corrected chi connectivity index (χ0v) is 15.4. The fourth-order valence-corrected chi connectivity index (χ4v) is 3.74. The van der Waals surface area contributed by atoms with E-state index in [0.29, 0.717) is 19.1 Å². The summed E-state index contributed by atoms with van der Waals surface area (Å²) in [5, 5.41) is 3.05. The van der Waals surface area contributed by atoms with Crippen LogP contribution in [-0.2, 0) is 11.3 Å². The molecule has 1 amide bonds. The number of piperidine rings is 1. The van der Waals surface area contributed by atoms with Gasteiger partial charge in [-0.2, -0.15) is 4.98 Å². The highest BCUT2D eigenvalue weighted by atomic mass is 16.7. The van der Waals surface area contributed by atoms with Crippen molar-refractivity contribution in [2.75, 3.05) is 24.8 Å². The smallest absolute Gasteiger partial charge is 0.298 e. The van der Waals surface area contributed by atoms with E-state index in [-0.39, 0.29) is 18.6 Å². The minimum Gasteiger partial charge on any atom is -0.454 e. The van der Waals surface area contributed by atoms with Crippen molar-refractivity contribution in [3.63, 3.8) is 0 Å². The molecule has 1 aromatic heterocycles. The minimum atomic E-state index is -0.0854. The lowest BCUT2D eigenvalue weighted by Gasteiger charge is -2.30. The molecule has 0 saturated carbocycles. The largest absolute Gasteiger partial charge is 0.454 e. The van der Waals surface area contributed by atoms with Crippen molar-refractivity contribution >= 4 is 23.0 Å². The number of benzene rings is 2. The number of carbonyl (C=O) groups excluding carboxylic acids is 1. The van der Waals surface area contributed by atoms with E-state index in [4.69, 9.17) is 13.9 Å². The molecule has 5 rings (SSSR count). The van der Waals surface area contributed by atoms with Crippen LogP contribution in [0.2, 0.25) is 0 Å². The first kappa shape index (κ1) is 16.9. The Morgan fingerprint density at radius 1 is 1.18 bits per heavy atom. The van der Waals surface area contributed by atoms with Crippen molar-refractivity contribution in [3.8, 4) is 11.5 Å². The van der Waals surface area contributed by atoms with E-state index < -0.39 is 0 Å². The van der Waals surface area contributed by atoms with Gasteiger partial charge in [-0.1, -0.05) is 18.2 Å². The van der Waals surface area contributed by atoms with Gasteiger partial charge >= 0.3 is 0 Å². The average molecular weight is 379 g/mol. The Morgan fingerprint density at radius 2 is 2.07 bits per heavy atom. The molecule has 0 aliphatic carbocycles. The second-order valence-corrected chi connectivity index (χ2v) is 7.15. The molecule has 0 spiro atoms. The van der Waals surface area contributed by atoms with Crippen molar-refractivity contribution in [2.45, 2.75) is 19.4 Å². The van der Waals surface area contributed by atoms with Crippen LogP contribution in [-0.4, -0.2) is 30.8 Å². The number of oxazole rings is 1. The molecule has 2 aliphatic heterocycles. The molecular weight excluding hydrogens is 358 g/mol. The maximum Gasteiger partial charge on any atom is 0.298 e. The molecule has 3 heterocycles. The maximum atomic E-state index is 12.7. The summed E-state index contributed by atoms with van der Waals surface area (Å²) in [7, 11) is 0. The zero-order valence-electron chi connectivity index (χ0n) is 15.4. The Hall–Kier alpha value is -3.22. The van der Waals surface area contributed by atoms with Crippen molar-refractivity contribution < 1.29 is 18.7 Å². The molecule has 1 saturated heterocycles. The molecule has 7 nitrogen and oxygen atoms in total. The van der Waals surface area contributed by atoms with Crippen molar-refractivity contribution in [1.29, 1.82) is 0 Å². The van der Waals surface area contributed by atoms with E-state index in [2.05, 4.69) is 15.2 Å². The number of aromatic nitrogens is 1. The molecule has 0 radical (unpaired) electrons. The number of carbonyl (C=O) groups is 1. The molecule has 1 N–H and O–H groups in total. The number of rotatable bonds is 4. The van der Waals surface area contributed by atoms with E-state index in [0.717, 1.165) is 47.5 Å². The number of anilines is 1. The van der Waals surface area contributed by atoms with Gasteiger partial charge in [0.2, 0.25) is 12.7 Å². The van der Waals surface area contributed by atoms with Crippen LogP contribution in [0.25, 0.3) is 11.1 Å². The summed E-state index contributed by atoms with van der Waals surface area (Å²) in [6.45, 7) is 2.17. The lowest BCUT2D eigenvalue weighted by atomic mass is 9.97. The highest BCUT2D eigenvalue weighted by molar-refractivity contribution is 5.80. The Morgan fingerprint density at radius 3 is 3.00 bits per heavy atom. The van der Waals surface area contributed by atoms with E-state index in [1.165, 1.54) is 0 Å². The predicted octanol–water partition coefficient (Wildman–Crippen LogP) is 3.09. The van der Waals surface area contributed by atoms with Gasteiger partial charge < -0.3 is 24.1 Å². The van der Waals surface area contributed by atoms with Crippen LogP contribution in [0, 0.1) is 5.92 Å². The zero-order chi connectivity index (χ0) is 18.9. The summed E-state index contributed by atoms with van der Waals surface area (Å²) >= 11 is 0. The number of hydrogen-bond donors (Lipinski definition) is 1. The van der Waals surface area contributed by atoms with Crippen LogP contribution in [0.15, 0.2) is 46.9 Å². The monoisotopic (exact) mass is 379 g/mol. The summed E-state index contributed by atoms with van der Waals surface area (Å²) in [5.41, 5.74) is 2.60. The third-order valence-electron chi connectivity index (χ3n) is 5.25. The van der Waals surface area contributed by atoms with Crippen molar-refractivity contribution in [1.82, 2.24) is 10.3 Å². The highest BCUT2D eigenvalue weighted by Gasteiger charge is 2.28. The van der Waals surface area contributed by atoms with Gasteiger partial charge in [0.1, 0.15) is 5.52 Å². The van der Waals surface area contributed by atoms with E-state index >= 15 is 0 Å². The number of amides is 1. The number of fused-ring (bicyclic) bond motifs is 2. The first-order chi connectivity index (χ1) is 13.8. The fraction of sp³-hybridized carbons (Fsp3) is 0.333. The van der Waals surface area contributed by atoms with Gasteiger partial charge in [-0.15, -0.1) is 0 Å². The molecule has 2 aliphatic rings. The first-order valence-corrected chi connectivity index (χ1v) is 9.53. The summed E-state index contributed by atoms with van der Waals surface area (Å²) in [5.74, 6) is 1.44. The van der Waals surface area contributed by atoms with Crippen LogP contribution in [0.3, 0.4) is 0 Å². The predicted molar refractivity (Wildman–Crippen MR) is 103 cm³/mol. The minimum absolute atomic E-state index is 0.0541. The molecule has 0 bridgehead atoms. The number of para-hydroxylation sites is 2. The normalized spacial score (nSPS) is 18.4. The second kappa shape index (κ2) is 7.07. The van der Waals surface area contributed by atoms with Crippen molar-refractivity contribution in [3.05, 3.63) is 48.0 Å². The molecule has 1 fully saturated rings. The SMILES string of the molecule is O=C(NCc1ccc2c(c1)OCO2)C1CCCN(c2nc3ccccc3o2)C1. The molecule has 28 heavy (non-hydrogen) atoms.